The number of hydrogen-bond acceptors (Lipinski definition) is 4. The van der Waals surface area contributed by atoms with E-state index in [0.717, 1.165) is 11.3 Å². The number of carbonyl (C=O) groups is 1. The Labute approximate surface area is 159 Å². The fourth-order valence-electron chi connectivity index (χ4n) is 3.01. The van der Waals surface area contributed by atoms with Crippen molar-refractivity contribution in [3.63, 3.8) is 0 Å². The molecule has 1 aliphatic rings. The molecule has 0 bridgehead atoms. The van der Waals surface area contributed by atoms with E-state index in [1.54, 1.807) is 31.4 Å². The molecule has 1 N–H and O–H groups in total. The molecule has 27 heavy (non-hydrogen) atoms. The van der Waals surface area contributed by atoms with E-state index in [2.05, 4.69) is 5.32 Å². The summed E-state index contributed by atoms with van der Waals surface area (Å²) in [5, 5.41) is 2.80. The monoisotopic (exact) mass is 389 g/mol. The Morgan fingerprint density at radius 3 is 2.41 bits per heavy atom. The third-order valence-corrected chi connectivity index (χ3v) is 6.38. The first-order valence-electron chi connectivity index (χ1n) is 8.69. The molecule has 1 heterocycles. The van der Waals surface area contributed by atoms with Gasteiger partial charge in [0.15, 0.2) is 0 Å². The summed E-state index contributed by atoms with van der Waals surface area (Å²) in [4.78, 5) is 12.1. The highest BCUT2D eigenvalue weighted by molar-refractivity contribution is 7.94. The summed E-state index contributed by atoms with van der Waals surface area (Å²) < 4.78 is 32.7. The Kier molecular flexibility index (Phi) is 5.55. The molecular formula is C19H23N3O4S. The maximum absolute atomic E-state index is 12.5. The Hall–Kier alpha value is -2.74. The third-order valence-electron chi connectivity index (χ3n) is 4.55. The number of fused-ring (bicyclic) bond motifs is 1. The zero-order chi connectivity index (χ0) is 19.4. The molecule has 0 spiro atoms. The Bertz CT molecular complexity index is 913. The van der Waals surface area contributed by atoms with Crippen LogP contribution in [0.25, 0.3) is 0 Å². The maximum atomic E-state index is 12.5. The van der Waals surface area contributed by atoms with Crippen molar-refractivity contribution in [2.75, 3.05) is 35.9 Å². The number of ether oxygens (including phenoxy) is 1. The summed E-state index contributed by atoms with van der Waals surface area (Å²) in [6.07, 6.45) is 0.957. The van der Waals surface area contributed by atoms with Crippen LogP contribution in [-0.4, -0.2) is 41.6 Å². The van der Waals surface area contributed by atoms with Gasteiger partial charge in [-0.25, -0.2) is 4.31 Å². The quantitative estimate of drug-likeness (QED) is 0.785. The van der Waals surface area contributed by atoms with E-state index in [1.807, 2.05) is 24.3 Å². The second-order valence-corrected chi connectivity index (χ2v) is 8.12. The smallest absolute Gasteiger partial charge is 0.326 e. The minimum absolute atomic E-state index is 0.107. The van der Waals surface area contributed by atoms with Crippen LogP contribution in [0.5, 0.6) is 5.75 Å². The van der Waals surface area contributed by atoms with Gasteiger partial charge in [0.2, 0.25) is 5.91 Å². The normalized spacial score (nSPS) is 14.7. The van der Waals surface area contributed by atoms with Gasteiger partial charge in [0.1, 0.15) is 5.75 Å². The number of nitrogens with one attached hydrogen (secondary N) is 1. The van der Waals surface area contributed by atoms with Crippen LogP contribution >= 0.6 is 0 Å². The molecular weight excluding hydrogens is 366 g/mol. The molecule has 0 unspecified atom stereocenters. The van der Waals surface area contributed by atoms with Gasteiger partial charge in [-0.1, -0.05) is 24.3 Å². The number of anilines is 2. The molecule has 0 saturated heterocycles. The fraction of sp³-hybridized carbons (Fsp3) is 0.316. The summed E-state index contributed by atoms with van der Waals surface area (Å²) in [6, 6.07) is 14.7. The van der Waals surface area contributed by atoms with Crippen LogP contribution in [0, 0.1) is 0 Å². The van der Waals surface area contributed by atoms with Gasteiger partial charge < -0.3 is 10.1 Å². The molecule has 3 rings (SSSR count). The largest absolute Gasteiger partial charge is 0.497 e. The lowest BCUT2D eigenvalue weighted by Crippen LogP contribution is -2.40. The van der Waals surface area contributed by atoms with Crippen LogP contribution in [0.15, 0.2) is 48.5 Å². The molecule has 1 aliphatic heterocycles. The Balaban J connectivity index is 1.51. The van der Waals surface area contributed by atoms with Crippen LogP contribution in [0.4, 0.5) is 11.4 Å². The van der Waals surface area contributed by atoms with E-state index in [4.69, 9.17) is 4.74 Å². The minimum atomic E-state index is -3.58. The lowest BCUT2D eigenvalue weighted by Gasteiger charge is -2.19. The minimum Gasteiger partial charge on any atom is -0.497 e. The van der Waals surface area contributed by atoms with E-state index in [1.165, 1.54) is 15.7 Å². The standard InChI is InChI=1S/C19H23N3O4S/c1-21-17-5-3-4-6-18(17)22(27(21,24)25)14-13-20-19(23)12-9-15-7-10-16(26-2)11-8-15/h3-8,10-11H,9,12-14H2,1-2H3,(H,20,23). The van der Waals surface area contributed by atoms with Crippen LogP contribution in [-0.2, 0) is 21.4 Å². The highest BCUT2D eigenvalue weighted by Gasteiger charge is 2.37. The highest BCUT2D eigenvalue weighted by Crippen LogP contribution is 2.38. The topological polar surface area (TPSA) is 79.0 Å². The average molecular weight is 389 g/mol. The van der Waals surface area contributed by atoms with Crippen molar-refractivity contribution in [1.82, 2.24) is 5.32 Å². The number of methoxy groups -OCH3 is 1. The van der Waals surface area contributed by atoms with Gasteiger partial charge >= 0.3 is 10.2 Å². The van der Waals surface area contributed by atoms with Crippen molar-refractivity contribution >= 4 is 27.5 Å². The first-order valence-corrected chi connectivity index (χ1v) is 10.1. The third kappa shape index (κ3) is 4.00. The molecule has 7 nitrogen and oxygen atoms in total. The molecule has 8 heteroatoms. The number of nitrogens with zero attached hydrogens (tertiary/aromatic N) is 2. The second-order valence-electron chi connectivity index (χ2n) is 6.23. The van der Waals surface area contributed by atoms with Crippen molar-refractivity contribution in [3.05, 3.63) is 54.1 Å². The van der Waals surface area contributed by atoms with Crippen LogP contribution in [0.1, 0.15) is 12.0 Å². The van der Waals surface area contributed by atoms with E-state index in [9.17, 15) is 13.2 Å². The van der Waals surface area contributed by atoms with Crippen molar-refractivity contribution in [2.24, 2.45) is 0 Å². The summed E-state index contributed by atoms with van der Waals surface area (Å²) in [5.41, 5.74) is 2.32. The van der Waals surface area contributed by atoms with Crippen LogP contribution in [0.2, 0.25) is 0 Å². The van der Waals surface area contributed by atoms with Gasteiger partial charge in [-0.3, -0.25) is 9.10 Å². The fourth-order valence-corrected chi connectivity index (χ4v) is 4.43. The zero-order valence-corrected chi connectivity index (χ0v) is 16.2. The lowest BCUT2D eigenvalue weighted by molar-refractivity contribution is -0.120. The highest BCUT2D eigenvalue weighted by atomic mass is 32.2. The molecule has 0 aliphatic carbocycles. The summed E-state index contributed by atoms with van der Waals surface area (Å²) in [6.45, 7) is 0.445. The van der Waals surface area contributed by atoms with Gasteiger partial charge in [-0.15, -0.1) is 0 Å². The van der Waals surface area contributed by atoms with E-state index in [-0.39, 0.29) is 19.0 Å². The number of aryl methyl sites for hydroxylation is 1. The second kappa shape index (κ2) is 7.87. The van der Waals surface area contributed by atoms with E-state index in [0.29, 0.717) is 24.2 Å². The molecule has 0 radical (unpaired) electrons. The molecule has 0 atom stereocenters. The van der Waals surface area contributed by atoms with Gasteiger partial charge in [-0.2, -0.15) is 8.42 Å². The summed E-state index contributed by atoms with van der Waals surface area (Å²) in [7, 11) is -0.442. The molecule has 0 aromatic heterocycles. The lowest BCUT2D eigenvalue weighted by atomic mass is 10.1. The molecule has 144 valence electrons. The number of benzene rings is 2. The molecule has 1 amide bonds. The maximum Gasteiger partial charge on any atom is 0.326 e. The van der Waals surface area contributed by atoms with Crippen molar-refractivity contribution < 1.29 is 17.9 Å². The van der Waals surface area contributed by atoms with Gasteiger partial charge in [0.25, 0.3) is 0 Å². The molecule has 2 aromatic rings. The van der Waals surface area contributed by atoms with E-state index < -0.39 is 10.2 Å². The number of rotatable bonds is 7. The number of carbonyl (C=O) groups excluding carboxylic acids is 1. The number of hydrogen-bond donors (Lipinski definition) is 1. The van der Waals surface area contributed by atoms with Gasteiger partial charge in [-0.05, 0) is 36.2 Å². The van der Waals surface area contributed by atoms with Crippen LogP contribution in [0.3, 0.4) is 0 Å². The molecule has 0 saturated carbocycles. The summed E-state index contributed by atoms with van der Waals surface area (Å²) in [5.74, 6) is 0.671. The van der Waals surface area contributed by atoms with Crippen LogP contribution < -0.4 is 18.7 Å². The zero-order valence-electron chi connectivity index (χ0n) is 15.4. The van der Waals surface area contributed by atoms with Crippen molar-refractivity contribution in [1.29, 1.82) is 0 Å². The Morgan fingerprint density at radius 1 is 1.07 bits per heavy atom. The number of para-hydroxylation sites is 2. The summed E-state index contributed by atoms with van der Waals surface area (Å²) >= 11 is 0. The SMILES string of the molecule is COc1ccc(CCC(=O)NCCN2c3ccccc3N(C)S2(=O)=O)cc1. The predicted octanol–water partition coefficient (Wildman–Crippen LogP) is 1.95. The average Bonchev–Trinajstić information content (AvgIpc) is 2.87. The van der Waals surface area contributed by atoms with E-state index >= 15 is 0 Å². The van der Waals surface area contributed by atoms with Crippen molar-refractivity contribution in [2.45, 2.75) is 12.8 Å². The Morgan fingerprint density at radius 2 is 1.74 bits per heavy atom. The van der Waals surface area contributed by atoms with Gasteiger partial charge in [0.05, 0.1) is 25.0 Å². The molecule has 0 fully saturated rings. The molecule has 2 aromatic carbocycles. The predicted molar refractivity (Wildman–Crippen MR) is 105 cm³/mol. The number of amides is 1. The van der Waals surface area contributed by atoms with Crippen molar-refractivity contribution in [3.8, 4) is 5.75 Å². The van der Waals surface area contributed by atoms with Gasteiger partial charge in [0, 0.05) is 20.0 Å². The first kappa shape index (κ1) is 19.0. The first-order chi connectivity index (χ1) is 12.9.